The number of hydrogen-bond acceptors (Lipinski definition) is 11. The number of rotatable bonds is 31. The minimum Gasteiger partial charge on any atom is -0.463 e. The van der Waals surface area contributed by atoms with E-state index in [-0.39, 0.29) is 12.6 Å². The fourth-order valence-corrected chi connectivity index (χ4v) is 3.01. The third-order valence-corrected chi connectivity index (χ3v) is 5.03. The molecule has 1 aromatic carbocycles. The molecular formula is C29H50O11. The van der Waals surface area contributed by atoms with Gasteiger partial charge in [-0.05, 0) is 12.0 Å². The maximum Gasteiger partial charge on any atom is 0.305 e. The van der Waals surface area contributed by atoms with E-state index < -0.39 is 0 Å². The molecule has 0 saturated heterocycles. The third kappa shape index (κ3) is 26.5. The van der Waals surface area contributed by atoms with Gasteiger partial charge in [0.2, 0.25) is 0 Å². The molecule has 0 N–H and O–H groups in total. The highest BCUT2D eigenvalue weighted by atomic mass is 16.6. The Morgan fingerprint density at radius 3 is 1.15 bits per heavy atom. The van der Waals surface area contributed by atoms with Gasteiger partial charge in [0.25, 0.3) is 0 Å². The summed E-state index contributed by atoms with van der Waals surface area (Å²) in [4.78, 5) is 11.2. The Morgan fingerprint density at radius 2 is 0.800 bits per heavy atom. The Bertz CT molecular complexity index is 648. The van der Waals surface area contributed by atoms with Gasteiger partial charge in [0.15, 0.2) is 0 Å². The highest BCUT2D eigenvalue weighted by molar-refractivity contribution is 5.69. The lowest BCUT2D eigenvalue weighted by Gasteiger charge is -2.09. The lowest BCUT2D eigenvalue weighted by molar-refractivity contribution is -0.145. The van der Waals surface area contributed by atoms with Gasteiger partial charge >= 0.3 is 5.97 Å². The molecule has 0 aromatic heterocycles. The second-order valence-electron chi connectivity index (χ2n) is 8.41. The summed E-state index contributed by atoms with van der Waals surface area (Å²) in [6.07, 6.45) is 1.23. The molecule has 0 aliphatic heterocycles. The standard InChI is InChI=1S/C29H50O11/c1-2-6-29(30)40-26-25-38-22-21-36-18-17-34-14-13-32-10-9-31-11-12-33-15-16-35-19-20-37-23-24-39-27-28-7-4-3-5-8-28/h3-5,7-8H,2,6,9-27H2,1H3. The molecule has 0 heterocycles. The molecule has 40 heavy (non-hydrogen) atoms. The van der Waals surface area contributed by atoms with Gasteiger partial charge in [0.05, 0.1) is 119 Å². The minimum atomic E-state index is -0.186. The number of carbonyl (C=O) groups is 1. The van der Waals surface area contributed by atoms with Gasteiger partial charge in [-0.1, -0.05) is 37.3 Å². The van der Waals surface area contributed by atoms with Gasteiger partial charge in [0.1, 0.15) is 6.61 Å². The molecule has 232 valence electrons. The van der Waals surface area contributed by atoms with E-state index in [9.17, 15) is 4.79 Å². The molecule has 0 fully saturated rings. The lowest BCUT2D eigenvalue weighted by Crippen LogP contribution is -2.15. The Balaban J connectivity index is 1.63. The number of hydrogen-bond donors (Lipinski definition) is 0. The maximum atomic E-state index is 11.2. The molecule has 11 nitrogen and oxygen atoms in total. The zero-order valence-corrected chi connectivity index (χ0v) is 24.2. The molecule has 0 unspecified atom stereocenters. The van der Waals surface area contributed by atoms with Crippen molar-refractivity contribution < 1.29 is 52.2 Å². The normalized spacial score (nSPS) is 11.2. The van der Waals surface area contributed by atoms with Gasteiger partial charge < -0.3 is 47.4 Å². The predicted octanol–water partition coefficient (Wildman–Crippen LogP) is 2.68. The quantitative estimate of drug-likeness (QED) is 0.0964. The second kappa shape index (κ2) is 30.3. The zero-order chi connectivity index (χ0) is 28.6. The minimum absolute atomic E-state index is 0.186. The molecular weight excluding hydrogens is 524 g/mol. The van der Waals surface area contributed by atoms with E-state index in [1.54, 1.807) is 0 Å². The molecule has 0 aliphatic rings. The smallest absolute Gasteiger partial charge is 0.305 e. The number of benzene rings is 1. The van der Waals surface area contributed by atoms with E-state index in [2.05, 4.69) is 0 Å². The van der Waals surface area contributed by atoms with Crippen molar-refractivity contribution >= 4 is 5.97 Å². The largest absolute Gasteiger partial charge is 0.463 e. The van der Waals surface area contributed by atoms with Gasteiger partial charge in [-0.15, -0.1) is 0 Å². The molecule has 11 heteroatoms. The van der Waals surface area contributed by atoms with Crippen molar-refractivity contribution in [2.45, 2.75) is 26.4 Å². The fraction of sp³-hybridized carbons (Fsp3) is 0.759. The SMILES string of the molecule is CCCC(=O)OCCOCCOCCOCCOCCOCCOCCOCCOCCOCc1ccccc1. The first kappa shape index (κ1) is 36.4. The van der Waals surface area contributed by atoms with Crippen LogP contribution in [0.3, 0.4) is 0 Å². The van der Waals surface area contributed by atoms with Crippen LogP contribution in [0.2, 0.25) is 0 Å². The first-order valence-electron chi connectivity index (χ1n) is 14.2. The van der Waals surface area contributed by atoms with Crippen LogP contribution >= 0.6 is 0 Å². The van der Waals surface area contributed by atoms with Crippen LogP contribution < -0.4 is 0 Å². The molecule has 1 rings (SSSR count). The predicted molar refractivity (Wildman–Crippen MR) is 149 cm³/mol. The van der Waals surface area contributed by atoms with E-state index >= 15 is 0 Å². The summed E-state index contributed by atoms with van der Waals surface area (Å²) in [7, 11) is 0. The Labute approximate surface area is 239 Å². The average molecular weight is 575 g/mol. The molecule has 0 bridgehead atoms. The summed E-state index contributed by atoms with van der Waals surface area (Å²) in [5.74, 6) is -0.186. The van der Waals surface area contributed by atoms with Gasteiger partial charge in [-0.25, -0.2) is 0 Å². The van der Waals surface area contributed by atoms with Crippen molar-refractivity contribution in [1.29, 1.82) is 0 Å². The first-order valence-corrected chi connectivity index (χ1v) is 14.2. The van der Waals surface area contributed by atoms with Crippen molar-refractivity contribution in [3.63, 3.8) is 0 Å². The summed E-state index contributed by atoms with van der Waals surface area (Å²) in [6, 6.07) is 10.1. The van der Waals surface area contributed by atoms with Gasteiger partial charge in [-0.3, -0.25) is 4.79 Å². The molecule has 0 amide bonds. The highest BCUT2D eigenvalue weighted by Gasteiger charge is 2.00. The Hall–Kier alpha value is -1.67. The van der Waals surface area contributed by atoms with Crippen LogP contribution in [0.15, 0.2) is 30.3 Å². The van der Waals surface area contributed by atoms with E-state index in [0.29, 0.717) is 125 Å². The number of esters is 1. The number of ether oxygens (including phenoxy) is 10. The molecule has 0 spiro atoms. The van der Waals surface area contributed by atoms with Crippen molar-refractivity contribution in [3.05, 3.63) is 35.9 Å². The average Bonchev–Trinajstić information content (AvgIpc) is 2.97. The zero-order valence-electron chi connectivity index (χ0n) is 24.2. The summed E-state index contributed by atoms with van der Waals surface area (Å²) >= 11 is 0. The van der Waals surface area contributed by atoms with Gasteiger partial charge in [-0.2, -0.15) is 0 Å². The summed E-state index contributed by atoms with van der Waals surface area (Å²) in [6.45, 7) is 11.4. The Kier molecular flexibility index (Phi) is 27.5. The fourth-order valence-electron chi connectivity index (χ4n) is 3.01. The van der Waals surface area contributed by atoms with Crippen LogP contribution in [0.5, 0.6) is 0 Å². The van der Waals surface area contributed by atoms with E-state index in [4.69, 9.17) is 47.4 Å². The molecule has 0 atom stereocenters. The molecule has 0 saturated carbocycles. The summed E-state index contributed by atoms with van der Waals surface area (Å²) in [5.41, 5.74) is 1.16. The maximum absolute atomic E-state index is 11.2. The number of carbonyl (C=O) groups excluding carboxylic acids is 1. The third-order valence-electron chi connectivity index (χ3n) is 5.03. The van der Waals surface area contributed by atoms with Crippen molar-refractivity contribution in [2.24, 2.45) is 0 Å². The van der Waals surface area contributed by atoms with Crippen LogP contribution in [0, 0.1) is 0 Å². The second-order valence-corrected chi connectivity index (χ2v) is 8.41. The van der Waals surface area contributed by atoms with Crippen molar-refractivity contribution in [3.8, 4) is 0 Å². The van der Waals surface area contributed by atoms with Crippen LogP contribution in [0.25, 0.3) is 0 Å². The molecule has 0 radical (unpaired) electrons. The Morgan fingerprint density at radius 1 is 0.475 bits per heavy atom. The van der Waals surface area contributed by atoms with E-state index in [0.717, 1.165) is 12.0 Å². The van der Waals surface area contributed by atoms with Crippen molar-refractivity contribution in [2.75, 3.05) is 119 Å². The molecule has 1 aromatic rings. The topological polar surface area (TPSA) is 109 Å². The van der Waals surface area contributed by atoms with E-state index in [1.807, 2.05) is 37.3 Å². The van der Waals surface area contributed by atoms with Gasteiger partial charge in [0, 0.05) is 6.42 Å². The highest BCUT2D eigenvalue weighted by Crippen LogP contribution is 2.00. The monoisotopic (exact) mass is 574 g/mol. The van der Waals surface area contributed by atoms with Crippen LogP contribution in [-0.2, 0) is 58.8 Å². The van der Waals surface area contributed by atoms with E-state index in [1.165, 1.54) is 0 Å². The lowest BCUT2D eigenvalue weighted by atomic mass is 10.2. The van der Waals surface area contributed by atoms with Crippen LogP contribution in [-0.4, -0.2) is 125 Å². The molecule has 0 aliphatic carbocycles. The van der Waals surface area contributed by atoms with Crippen molar-refractivity contribution in [1.82, 2.24) is 0 Å². The first-order chi connectivity index (χ1) is 19.8. The van der Waals surface area contributed by atoms with Crippen LogP contribution in [0.4, 0.5) is 0 Å². The summed E-state index contributed by atoms with van der Waals surface area (Å²) < 4.78 is 54.0. The summed E-state index contributed by atoms with van der Waals surface area (Å²) in [5, 5.41) is 0. The van der Waals surface area contributed by atoms with Crippen LogP contribution in [0.1, 0.15) is 25.3 Å².